The quantitative estimate of drug-likeness (QED) is 0.838. The smallest absolute Gasteiger partial charge is 0.247 e. The van der Waals surface area contributed by atoms with E-state index in [-0.39, 0.29) is 5.91 Å². The number of hydrogen-bond donors (Lipinski definition) is 0. The average Bonchev–Trinajstić information content (AvgIpc) is 3.17. The minimum Gasteiger partial charge on any atom is -0.273 e. The van der Waals surface area contributed by atoms with E-state index in [2.05, 4.69) is 5.10 Å². The molecule has 1 aliphatic rings. The summed E-state index contributed by atoms with van der Waals surface area (Å²) in [4.78, 5) is 12.2. The molecule has 0 unspecified atom stereocenters. The lowest BCUT2D eigenvalue weighted by Gasteiger charge is -2.06. The van der Waals surface area contributed by atoms with Gasteiger partial charge in [0.25, 0.3) is 0 Å². The molecule has 0 saturated heterocycles. The Hall–Kier alpha value is -2.16. The minimum absolute atomic E-state index is 0.112. The highest BCUT2D eigenvalue weighted by atomic mass is 16.2. The van der Waals surface area contributed by atoms with Crippen LogP contribution in [-0.4, -0.2) is 15.7 Å². The van der Waals surface area contributed by atoms with Crippen LogP contribution in [0, 0.1) is 5.92 Å². The van der Waals surface area contributed by atoms with Gasteiger partial charge in [-0.1, -0.05) is 49.2 Å². The Labute approximate surface area is 125 Å². The Morgan fingerprint density at radius 1 is 1.14 bits per heavy atom. The summed E-state index contributed by atoms with van der Waals surface area (Å²) < 4.78 is 1.49. The van der Waals surface area contributed by atoms with Crippen LogP contribution in [0.1, 0.15) is 48.2 Å². The van der Waals surface area contributed by atoms with Gasteiger partial charge in [0.05, 0.1) is 5.69 Å². The molecule has 21 heavy (non-hydrogen) atoms. The van der Waals surface area contributed by atoms with Crippen molar-refractivity contribution in [2.75, 3.05) is 0 Å². The van der Waals surface area contributed by atoms with Gasteiger partial charge in [-0.15, -0.1) is 0 Å². The van der Waals surface area contributed by atoms with Crippen LogP contribution in [0.5, 0.6) is 0 Å². The van der Waals surface area contributed by atoms with E-state index in [0.29, 0.717) is 12.3 Å². The summed E-state index contributed by atoms with van der Waals surface area (Å²) in [7, 11) is 0. The van der Waals surface area contributed by atoms with Crippen LogP contribution >= 0.6 is 0 Å². The lowest BCUT2D eigenvalue weighted by Crippen LogP contribution is -2.14. The largest absolute Gasteiger partial charge is 0.273 e. The number of carbonyl (C=O) groups is 1. The molecule has 2 aromatic rings. The third-order valence-electron chi connectivity index (χ3n) is 4.05. The van der Waals surface area contributed by atoms with Gasteiger partial charge in [-0.25, -0.2) is 4.68 Å². The predicted octanol–water partition coefficient (Wildman–Crippen LogP) is 4.27. The molecule has 1 saturated carbocycles. The second-order valence-corrected chi connectivity index (χ2v) is 5.68. The van der Waals surface area contributed by atoms with Crippen molar-refractivity contribution < 1.29 is 4.79 Å². The van der Waals surface area contributed by atoms with Crippen LogP contribution in [-0.2, 0) is 0 Å². The van der Waals surface area contributed by atoms with Gasteiger partial charge in [0.1, 0.15) is 0 Å². The molecule has 0 atom stereocenters. The van der Waals surface area contributed by atoms with Crippen LogP contribution < -0.4 is 0 Å². The fourth-order valence-corrected chi connectivity index (χ4v) is 2.87. The van der Waals surface area contributed by atoms with Crippen LogP contribution in [0.2, 0.25) is 0 Å². The van der Waals surface area contributed by atoms with E-state index in [1.165, 1.54) is 30.4 Å². The van der Waals surface area contributed by atoms with Crippen molar-refractivity contribution in [3.05, 3.63) is 53.9 Å². The van der Waals surface area contributed by atoms with Crippen LogP contribution in [0.4, 0.5) is 0 Å². The zero-order valence-corrected chi connectivity index (χ0v) is 12.1. The highest BCUT2D eigenvalue weighted by Crippen LogP contribution is 2.27. The Balaban J connectivity index is 1.63. The summed E-state index contributed by atoms with van der Waals surface area (Å²) in [5, 5.41) is 4.35. The Morgan fingerprint density at radius 2 is 1.90 bits per heavy atom. The van der Waals surface area contributed by atoms with Crippen LogP contribution in [0.25, 0.3) is 12.2 Å². The Bertz CT molecular complexity index is 622. The minimum atomic E-state index is 0.112. The van der Waals surface area contributed by atoms with Gasteiger partial charge in [0, 0.05) is 12.6 Å². The number of carbonyl (C=O) groups excluding carboxylic acids is 1. The van der Waals surface area contributed by atoms with E-state index in [4.69, 9.17) is 0 Å². The highest BCUT2D eigenvalue weighted by molar-refractivity contribution is 5.78. The fourth-order valence-electron chi connectivity index (χ4n) is 2.87. The SMILES string of the molecule is O=C(CC1CCCC1)n1ccc(C=Cc2ccccc2)n1. The molecule has 1 aromatic carbocycles. The van der Waals surface area contributed by atoms with Crippen molar-refractivity contribution in [2.45, 2.75) is 32.1 Å². The summed E-state index contributed by atoms with van der Waals surface area (Å²) in [5.74, 6) is 0.672. The summed E-state index contributed by atoms with van der Waals surface area (Å²) in [6, 6.07) is 12.0. The van der Waals surface area contributed by atoms with E-state index in [1.54, 1.807) is 6.20 Å². The number of nitrogens with zero attached hydrogens (tertiary/aromatic N) is 2. The molecule has 3 heteroatoms. The zero-order chi connectivity index (χ0) is 14.5. The number of rotatable bonds is 4. The topological polar surface area (TPSA) is 34.9 Å². The fraction of sp³-hybridized carbons (Fsp3) is 0.333. The monoisotopic (exact) mass is 280 g/mol. The van der Waals surface area contributed by atoms with Gasteiger partial charge in [0.15, 0.2) is 0 Å². The molecule has 1 aromatic heterocycles. The molecular formula is C18H20N2O. The molecule has 1 heterocycles. The molecule has 0 spiro atoms. The van der Waals surface area contributed by atoms with Gasteiger partial charge in [0.2, 0.25) is 5.91 Å². The second-order valence-electron chi connectivity index (χ2n) is 5.68. The Morgan fingerprint density at radius 3 is 2.67 bits per heavy atom. The first-order valence-electron chi connectivity index (χ1n) is 7.63. The van der Waals surface area contributed by atoms with Gasteiger partial charge >= 0.3 is 0 Å². The molecule has 0 N–H and O–H groups in total. The first-order chi connectivity index (χ1) is 10.3. The van der Waals surface area contributed by atoms with E-state index in [1.807, 2.05) is 48.6 Å². The summed E-state index contributed by atoms with van der Waals surface area (Å²) >= 11 is 0. The Kier molecular flexibility index (Phi) is 4.29. The number of hydrogen-bond acceptors (Lipinski definition) is 2. The molecular weight excluding hydrogens is 260 g/mol. The van der Waals surface area contributed by atoms with Crippen molar-refractivity contribution >= 4 is 18.1 Å². The molecule has 0 amide bonds. The van der Waals surface area contributed by atoms with Gasteiger partial charge < -0.3 is 0 Å². The van der Waals surface area contributed by atoms with Crippen molar-refractivity contribution in [3.8, 4) is 0 Å². The maximum Gasteiger partial charge on any atom is 0.247 e. The molecule has 0 bridgehead atoms. The second kappa shape index (κ2) is 6.53. The highest BCUT2D eigenvalue weighted by Gasteiger charge is 2.19. The molecule has 0 aliphatic heterocycles. The van der Waals surface area contributed by atoms with E-state index >= 15 is 0 Å². The summed E-state index contributed by atoms with van der Waals surface area (Å²) in [6.07, 6.45) is 11.3. The van der Waals surface area contributed by atoms with Gasteiger partial charge in [-0.2, -0.15) is 5.10 Å². The van der Waals surface area contributed by atoms with Crippen LogP contribution in [0.15, 0.2) is 42.6 Å². The maximum atomic E-state index is 12.2. The molecule has 3 nitrogen and oxygen atoms in total. The molecule has 3 rings (SSSR count). The normalized spacial score (nSPS) is 15.8. The van der Waals surface area contributed by atoms with E-state index in [9.17, 15) is 4.79 Å². The first kappa shape index (κ1) is 13.8. The lowest BCUT2D eigenvalue weighted by atomic mass is 10.0. The van der Waals surface area contributed by atoms with Crippen molar-refractivity contribution in [2.24, 2.45) is 5.92 Å². The van der Waals surface area contributed by atoms with Gasteiger partial charge in [-0.3, -0.25) is 4.79 Å². The van der Waals surface area contributed by atoms with Crippen molar-refractivity contribution in [1.29, 1.82) is 0 Å². The van der Waals surface area contributed by atoms with Crippen LogP contribution in [0.3, 0.4) is 0 Å². The standard InChI is InChI=1S/C18H20N2O/c21-18(14-16-8-4-5-9-16)20-13-12-17(19-20)11-10-15-6-2-1-3-7-15/h1-3,6-7,10-13,16H,4-5,8-9,14H2. The molecule has 1 fully saturated rings. The molecule has 108 valence electrons. The zero-order valence-electron chi connectivity index (χ0n) is 12.1. The third-order valence-corrected chi connectivity index (χ3v) is 4.05. The van der Waals surface area contributed by atoms with E-state index < -0.39 is 0 Å². The first-order valence-corrected chi connectivity index (χ1v) is 7.63. The average molecular weight is 280 g/mol. The summed E-state index contributed by atoms with van der Waals surface area (Å²) in [5.41, 5.74) is 1.95. The third kappa shape index (κ3) is 3.69. The molecule has 1 aliphatic carbocycles. The number of benzene rings is 1. The van der Waals surface area contributed by atoms with Crippen molar-refractivity contribution in [1.82, 2.24) is 9.78 Å². The van der Waals surface area contributed by atoms with Crippen molar-refractivity contribution in [3.63, 3.8) is 0 Å². The predicted molar refractivity (Wildman–Crippen MR) is 84.8 cm³/mol. The summed E-state index contributed by atoms with van der Waals surface area (Å²) in [6.45, 7) is 0. The van der Waals surface area contributed by atoms with Gasteiger partial charge in [-0.05, 0) is 36.5 Å². The lowest BCUT2D eigenvalue weighted by molar-refractivity contribution is 0.0864. The van der Waals surface area contributed by atoms with E-state index in [0.717, 1.165) is 11.3 Å². The number of aromatic nitrogens is 2. The molecule has 0 radical (unpaired) electrons. The maximum absolute atomic E-state index is 12.2.